The van der Waals surface area contributed by atoms with Gasteiger partial charge in [0.2, 0.25) is 0 Å². The summed E-state index contributed by atoms with van der Waals surface area (Å²) in [6.07, 6.45) is 13.6. The van der Waals surface area contributed by atoms with E-state index < -0.39 is 0 Å². The van der Waals surface area contributed by atoms with Crippen molar-refractivity contribution in [1.82, 2.24) is 0 Å². The molecule has 0 spiro atoms. The molecule has 2 aliphatic heterocycles. The van der Waals surface area contributed by atoms with Crippen LogP contribution in [0.25, 0.3) is 0 Å². The maximum atomic E-state index is 2.42. The highest BCUT2D eigenvalue weighted by atomic mass is 14.3. The van der Waals surface area contributed by atoms with Crippen molar-refractivity contribution in [2.45, 2.75) is 89.1 Å². The van der Waals surface area contributed by atoms with E-state index in [1.54, 1.807) is 25.7 Å². The molecule has 0 aromatic heterocycles. The molecule has 0 N–H and O–H groups in total. The lowest BCUT2D eigenvalue weighted by molar-refractivity contribution is 0.428. The van der Waals surface area contributed by atoms with E-state index in [2.05, 4.69) is 13.8 Å². The quantitative estimate of drug-likeness (QED) is 0.556. The Morgan fingerprint density at radius 3 is 1.93 bits per heavy atom. The molecular weight excluding hydrogens is 179 g/mol. The predicted octanol–water partition coefficient (Wildman–Crippen LogP) is 5.17. The van der Waals surface area contributed by atoms with Crippen molar-refractivity contribution in [3.63, 3.8) is 0 Å². The van der Waals surface area contributed by atoms with Crippen molar-refractivity contribution in [1.29, 1.82) is 0 Å². The molecule has 1 heteroatoms. The largest absolute Gasteiger partial charge is 0.149 e. The second-order valence-electron chi connectivity index (χ2n) is 5.92. The molecule has 0 nitrogen and oxygen atoms in total. The van der Waals surface area contributed by atoms with Gasteiger partial charge in [0.25, 0.3) is 0 Å². The maximum absolute atomic E-state index is 2.42. The van der Waals surface area contributed by atoms with Gasteiger partial charge in [0.1, 0.15) is 6.71 Å². The van der Waals surface area contributed by atoms with Gasteiger partial charge in [-0.05, 0) is 0 Å². The Balaban J connectivity index is 2.03. The fourth-order valence-corrected chi connectivity index (χ4v) is 4.54. The average Bonchev–Trinajstić information content (AvgIpc) is 2.25. The highest BCUT2D eigenvalue weighted by Crippen LogP contribution is 2.51. The normalized spacial score (nSPS) is 32.8. The number of hydrogen-bond donors (Lipinski definition) is 0. The second-order valence-corrected chi connectivity index (χ2v) is 5.92. The minimum absolute atomic E-state index is 1.06. The molecule has 0 saturated carbocycles. The molecule has 1 atom stereocenters. The van der Waals surface area contributed by atoms with Crippen LogP contribution in [0.5, 0.6) is 0 Å². The van der Waals surface area contributed by atoms with Crippen LogP contribution in [-0.2, 0) is 0 Å². The van der Waals surface area contributed by atoms with Crippen molar-refractivity contribution in [2.75, 3.05) is 0 Å². The first kappa shape index (κ1) is 11.5. The molecule has 0 aliphatic carbocycles. The molecule has 2 fully saturated rings. The van der Waals surface area contributed by atoms with E-state index in [9.17, 15) is 0 Å². The molecule has 1 unspecified atom stereocenters. The van der Waals surface area contributed by atoms with Gasteiger partial charge in [0.15, 0.2) is 0 Å². The minimum atomic E-state index is 1.06. The summed E-state index contributed by atoms with van der Waals surface area (Å²) in [6.45, 7) is 5.91. The van der Waals surface area contributed by atoms with Gasteiger partial charge in [-0.1, -0.05) is 89.1 Å². The van der Waals surface area contributed by atoms with Gasteiger partial charge in [0.05, 0.1) is 0 Å². The lowest BCUT2D eigenvalue weighted by Gasteiger charge is -2.44. The third kappa shape index (κ3) is 2.42. The summed E-state index contributed by atoms with van der Waals surface area (Å²) in [7, 11) is 0. The Bertz CT molecular complexity index is 168. The van der Waals surface area contributed by atoms with Crippen LogP contribution in [0.2, 0.25) is 17.5 Å². The summed E-state index contributed by atoms with van der Waals surface area (Å²) in [6, 6.07) is 0. The molecule has 2 saturated heterocycles. The predicted molar refractivity (Wildman–Crippen MR) is 69.9 cm³/mol. The molecule has 86 valence electrons. The molecule has 0 aromatic rings. The SMILES string of the molecule is CCCC(CC)B1C2CCCC1CCC2. The molecule has 0 radical (unpaired) electrons. The van der Waals surface area contributed by atoms with Crippen molar-refractivity contribution >= 4 is 6.71 Å². The highest BCUT2D eigenvalue weighted by Gasteiger charge is 2.42. The van der Waals surface area contributed by atoms with Gasteiger partial charge >= 0.3 is 0 Å². The van der Waals surface area contributed by atoms with Gasteiger partial charge < -0.3 is 0 Å². The van der Waals surface area contributed by atoms with Gasteiger partial charge in [-0.3, -0.25) is 0 Å². The first-order valence-corrected chi connectivity index (χ1v) is 7.36. The molecule has 0 amide bonds. The topological polar surface area (TPSA) is 0 Å². The number of hydrogen-bond acceptors (Lipinski definition) is 0. The van der Waals surface area contributed by atoms with E-state index in [0.717, 1.165) is 24.2 Å². The summed E-state index contributed by atoms with van der Waals surface area (Å²) in [5, 5.41) is 0. The number of fused-ring (bicyclic) bond motifs is 2. The van der Waals surface area contributed by atoms with E-state index in [4.69, 9.17) is 0 Å². The summed E-state index contributed by atoms with van der Waals surface area (Å²) >= 11 is 0. The van der Waals surface area contributed by atoms with E-state index in [0.29, 0.717) is 0 Å². The van der Waals surface area contributed by atoms with E-state index in [1.165, 1.54) is 32.1 Å². The van der Waals surface area contributed by atoms with Crippen LogP contribution < -0.4 is 0 Å². The monoisotopic (exact) mass is 206 g/mol. The molecule has 2 rings (SSSR count). The standard InChI is InChI=1S/C14H27B/c1-3-7-12(4-2)15-13-8-5-9-14(15)11-6-10-13/h12-14H,3-11H2,1-2H3. The van der Waals surface area contributed by atoms with E-state index in [-0.39, 0.29) is 0 Å². The smallest absolute Gasteiger partial charge is 0.0658 e. The van der Waals surface area contributed by atoms with Crippen LogP contribution in [0.15, 0.2) is 0 Å². The van der Waals surface area contributed by atoms with Crippen LogP contribution in [-0.4, -0.2) is 6.71 Å². The Hall–Kier alpha value is 0.0649. The van der Waals surface area contributed by atoms with Crippen molar-refractivity contribution in [2.24, 2.45) is 0 Å². The Morgan fingerprint density at radius 2 is 1.53 bits per heavy atom. The molecule has 2 heterocycles. The third-order valence-electron chi connectivity index (χ3n) is 5.12. The first-order valence-electron chi connectivity index (χ1n) is 7.36. The second kappa shape index (κ2) is 5.41. The van der Waals surface area contributed by atoms with Crippen LogP contribution in [0.4, 0.5) is 0 Å². The summed E-state index contributed by atoms with van der Waals surface area (Å²) in [5.74, 6) is 3.30. The van der Waals surface area contributed by atoms with Crippen LogP contribution in [0, 0.1) is 0 Å². The first-order chi connectivity index (χ1) is 7.36. The van der Waals surface area contributed by atoms with Crippen LogP contribution >= 0.6 is 0 Å². The van der Waals surface area contributed by atoms with E-state index in [1.807, 2.05) is 0 Å². The molecule has 2 bridgehead atoms. The van der Waals surface area contributed by atoms with Gasteiger partial charge in [-0.15, -0.1) is 0 Å². The Morgan fingerprint density at radius 1 is 1.00 bits per heavy atom. The zero-order chi connectivity index (χ0) is 10.7. The fourth-order valence-electron chi connectivity index (χ4n) is 4.54. The average molecular weight is 206 g/mol. The Labute approximate surface area is 96.3 Å². The zero-order valence-corrected chi connectivity index (χ0v) is 10.7. The molecule has 2 aliphatic rings. The van der Waals surface area contributed by atoms with Crippen LogP contribution in [0.3, 0.4) is 0 Å². The molecule has 15 heavy (non-hydrogen) atoms. The van der Waals surface area contributed by atoms with Gasteiger partial charge in [-0.2, -0.15) is 0 Å². The van der Waals surface area contributed by atoms with Crippen molar-refractivity contribution in [3.8, 4) is 0 Å². The fraction of sp³-hybridized carbons (Fsp3) is 1.00. The summed E-state index contributed by atoms with van der Waals surface area (Å²) in [5.41, 5.74) is 0. The Kier molecular flexibility index (Phi) is 4.17. The maximum Gasteiger partial charge on any atom is 0.149 e. The van der Waals surface area contributed by atoms with Crippen LogP contribution in [0.1, 0.15) is 71.6 Å². The third-order valence-corrected chi connectivity index (χ3v) is 5.12. The highest BCUT2D eigenvalue weighted by molar-refractivity contribution is 6.64. The van der Waals surface area contributed by atoms with Crippen molar-refractivity contribution in [3.05, 3.63) is 0 Å². The van der Waals surface area contributed by atoms with Crippen molar-refractivity contribution < 1.29 is 0 Å². The number of rotatable bonds is 4. The molecular formula is C14H27B. The molecule has 0 aromatic carbocycles. The van der Waals surface area contributed by atoms with E-state index >= 15 is 0 Å². The summed E-state index contributed by atoms with van der Waals surface area (Å²) in [4.78, 5) is 0. The minimum Gasteiger partial charge on any atom is -0.0658 e. The van der Waals surface area contributed by atoms with Gasteiger partial charge in [-0.25, -0.2) is 0 Å². The van der Waals surface area contributed by atoms with Gasteiger partial charge in [0, 0.05) is 0 Å². The zero-order valence-electron chi connectivity index (χ0n) is 10.7. The summed E-state index contributed by atoms with van der Waals surface area (Å²) < 4.78 is 0. The lowest BCUT2D eigenvalue weighted by atomic mass is 9.22. The lowest BCUT2D eigenvalue weighted by Crippen LogP contribution is -2.38.